The Hall–Kier alpha value is -2.11. The molecule has 0 spiro atoms. The van der Waals surface area contributed by atoms with E-state index in [9.17, 15) is 4.39 Å². The minimum absolute atomic E-state index is 0.116. The highest BCUT2D eigenvalue weighted by Crippen LogP contribution is 2.35. The predicted molar refractivity (Wildman–Crippen MR) is 96.9 cm³/mol. The van der Waals surface area contributed by atoms with Gasteiger partial charge in [-0.1, -0.05) is 12.1 Å². The third-order valence-corrected chi connectivity index (χ3v) is 4.78. The topological polar surface area (TPSA) is 39.7 Å². The fraction of sp³-hybridized carbons (Fsp3) is 0.429. The van der Waals surface area contributed by atoms with Crippen LogP contribution in [0, 0.1) is 5.82 Å². The highest BCUT2D eigenvalue weighted by molar-refractivity contribution is 5.43. The summed E-state index contributed by atoms with van der Waals surface area (Å²) in [5.41, 5.74) is 4.06. The maximum Gasteiger partial charge on any atom is 0.189 e. The van der Waals surface area contributed by atoms with E-state index in [0.29, 0.717) is 13.0 Å². The van der Waals surface area contributed by atoms with Gasteiger partial charge in [-0.25, -0.2) is 4.39 Å². The lowest BCUT2D eigenvalue weighted by atomic mass is 10.0. The molecular weight excluding hydrogens is 333 g/mol. The first-order chi connectivity index (χ1) is 12.5. The van der Waals surface area contributed by atoms with E-state index in [-0.39, 0.29) is 18.2 Å². The maximum absolute atomic E-state index is 13.8. The van der Waals surface area contributed by atoms with Crippen LogP contribution in [-0.2, 0) is 30.7 Å². The molecule has 0 aromatic heterocycles. The van der Waals surface area contributed by atoms with Gasteiger partial charge in [-0.15, -0.1) is 0 Å². The van der Waals surface area contributed by atoms with Crippen LogP contribution in [0.15, 0.2) is 30.3 Å². The van der Waals surface area contributed by atoms with Gasteiger partial charge in [0.2, 0.25) is 0 Å². The van der Waals surface area contributed by atoms with Crippen molar-refractivity contribution in [3.05, 3.63) is 58.4 Å². The molecule has 0 saturated carbocycles. The number of fused-ring (bicyclic) bond motifs is 2. The first-order valence-corrected chi connectivity index (χ1v) is 9.03. The summed E-state index contributed by atoms with van der Waals surface area (Å²) in [6.07, 6.45) is 1.65. The Labute approximate surface area is 153 Å². The SMILES string of the molecule is CC1(C)Cc2cc(CNCCc3cc(F)cc4c3OCOC4)ccc2O1. The van der Waals surface area contributed by atoms with E-state index in [1.807, 2.05) is 0 Å². The molecular formula is C21H24FNO3. The third kappa shape index (κ3) is 3.69. The predicted octanol–water partition coefficient (Wildman–Crippen LogP) is 3.74. The average molecular weight is 357 g/mol. The van der Waals surface area contributed by atoms with Crippen LogP contribution in [-0.4, -0.2) is 18.9 Å². The molecule has 0 bridgehead atoms. The van der Waals surface area contributed by atoms with Crippen LogP contribution in [0.25, 0.3) is 0 Å². The minimum atomic E-state index is -0.242. The second-order valence-electron chi connectivity index (χ2n) is 7.57. The Bertz CT molecular complexity index is 819. The van der Waals surface area contributed by atoms with Crippen molar-refractivity contribution in [2.45, 2.75) is 45.4 Å². The molecule has 4 rings (SSSR count). The van der Waals surface area contributed by atoms with E-state index in [1.165, 1.54) is 17.2 Å². The summed E-state index contributed by atoms with van der Waals surface area (Å²) in [7, 11) is 0. The molecule has 2 aromatic rings. The Kier molecular flexibility index (Phi) is 4.59. The third-order valence-electron chi connectivity index (χ3n) is 4.78. The van der Waals surface area contributed by atoms with E-state index >= 15 is 0 Å². The van der Waals surface area contributed by atoms with E-state index in [1.54, 1.807) is 6.07 Å². The first-order valence-electron chi connectivity index (χ1n) is 9.03. The summed E-state index contributed by atoms with van der Waals surface area (Å²) in [5.74, 6) is 1.52. The van der Waals surface area contributed by atoms with Gasteiger partial charge in [0.25, 0.3) is 0 Å². The summed E-state index contributed by atoms with van der Waals surface area (Å²) in [6.45, 7) is 6.37. The van der Waals surface area contributed by atoms with E-state index in [2.05, 4.69) is 37.4 Å². The average Bonchev–Trinajstić information content (AvgIpc) is 2.91. The van der Waals surface area contributed by atoms with Crippen molar-refractivity contribution in [1.82, 2.24) is 5.32 Å². The molecule has 0 fully saturated rings. The molecule has 2 aliphatic heterocycles. The number of hydrogen-bond acceptors (Lipinski definition) is 4. The summed E-state index contributed by atoms with van der Waals surface area (Å²) in [4.78, 5) is 0. The molecule has 0 amide bonds. The lowest BCUT2D eigenvalue weighted by molar-refractivity contribution is -0.0172. The molecule has 4 nitrogen and oxygen atoms in total. The Morgan fingerprint density at radius 2 is 2.04 bits per heavy atom. The molecule has 1 N–H and O–H groups in total. The molecule has 2 heterocycles. The second kappa shape index (κ2) is 6.89. The molecule has 2 aromatic carbocycles. The molecule has 2 aliphatic rings. The fourth-order valence-electron chi connectivity index (χ4n) is 3.67. The molecule has 138 valence electrons. The van der Waals surface area contributed by atoms with Crippen LogP contribution in [0.1, 0.15) is 36.1 Å². The van der Waals surface area contributed by atoms with Gasteiger partial charge in [0, 0.05) is 18.5 Å². The van der Waals surface area contributed by atoms with Gasteiger partial charge in [0.1, 0.15) is 22.9 Å². The van der Waals surface area contributed by atoms with Crippen LogP contribution >= 0.6 is 0 Å². The zero-order valence-corrected chi connectivity index (χ0v) is 15.2. The van der Waals surface area contributed by atoms with Gasteiger partial charge >= 0.3 is 0 Å². The maximum atomic E-state index is 13.8. The molecule has 0 aliphatic carbocycles. The van der Waals surface area contributed by atoms with Gasteiger partial charge in [-0.3, -0.25) is 0 Å². The smallest absolute Gasteiger partial charge is 0.189 e. The minimum Gasteiger partial charge on any atom is -0.487 e. The van der Waals surface area contributed by atoms with E-state index < -0.39 is 0 Å². The van der Waals surface area contributed by atoms with Crippen molar-refractivity contribution < 1.29 is 18.6 Å². The number of rotatable bonds is 5. The van der Waals surface area contributed by atoms with E-state index in [0.717, 1.165) is 42.1 Å². The Balaban J connectivity index is 1.35. The zero-order chi connectivity index (χ0) is 18.1. The van der Waals surface area contributed by atoms with Crippen molar-refractivity contribution in [3.63, 3.8) is 0 Å². The second-order valence-corrected chi connectivity index (χ2v) is 7.57. The number of ether oxygens (including phenoxy) is 3. The van der Waals surface area contributed by atoms with Gasteiger partial charge in [0.15, 0.2) is 6.79 Å². The van der Waals surface area contributed by atoms with Crippen molar-refractivity contribution in [3.8, 4) is 11.5 Å². The van der Waals surface area contributed by atoms with Gasteiger partial charge in [-0.2, -0.15) is 0 Å². The van der Waals surface area contributed by atoms with Crippen molar-refractivity contribution in [2.24, 2.45) is 0 Å². The van der Waals surface area contributed by atoms with Crippen LogP contribution < -0.4 is 14.8 Å². The standard InChI is InChI=1S/C21H24FNO3/c1-21(2)10-16-7-14(3-4-19(16)26-21)11-23-6-5-15-8-18(22)9-17-12-24-13-25-20(15)17/h3-4,7-9,23H,5-6,10-13H2,1-2H3. The Morgan fingerprint density at radius 3 is 2.92 bits per heavy atom. The van der Waals surface area contributed by atoms with Crippen LogP contribution in [0.3, 0.4) is 0 Å². The molecule has 0 radical (unpaired) electrons. The number of halogens is 1. The zero-order valence-electron chi connectivity index (χ0n) is 15.2. The summed E-state index contributed by atoms with van der Waals surface area (Å²) in [5, 5.41) is 3.44. The number of benzene rings is 2. The monoisotopic (exact) mass is 357 g/mol. The molecule has 26 heavy (non-hydrogen) atoms. The lowest BCUT2D eigenvalue weighted by Crippen LogP contribution is -2.24. The van der Waals surface area contributed by atoms with Gasteiger partial charge in [-0.05, 0) is 61.7 Å². The highest BCUT2D eigenvalue weighted by atomic mass is 19.1. The summed E-state index contributed by atoms with van der Waals surface area (Å²) >= 11 is 0. The van der Waals surface area contributed by atoms with Crippen molar-refractivity contribution in [1.29, 1.82) is 0 Å². The fourth-order valence-corrected chi connectivity index (χ4v) is 3.67. The molecule has 5 heteroatoms. The van der Waals surface area contributed by atoms with Crippen LogP contribution in [0.5, 0.6) is 11.5 Å². The van der Waals surface area contributed by atoms with Gasteiger partial charge < -0.3 is 19.5 Å². The Morgan fingerprint density at radius 1 is 1.15 bits per heavy atom. The van der Waals surface area contributed by atoms with Crippen molar-refractivity contribution in [2.75, 3.05) is 13.3 Å². The van der Waals surface area contributed by atoms with E-state index in [4.69, 9.17) is 14.2 Å². The highest BCUT2D eigenvalue weighted by Gasteiger charge is 2.29. The summed E-state index contributed by atoms with van der Waals surface area (Å²) in [6, 6.07) is 9.40. The molecule has 0 unspecified atom stereocenters. The summed E-state index contributed by atoms with van der Waals surface area (Å²) < 4.78 is 30.5. The van der Waals surface area contributed by atoms with Crippen LogP contribution in [0.4, 0.5) is 4.39 Å². The largest absolute Gasteiger partial charge is 0.487 e. The molecule has 0 saturated heterocycles. The van der Waals surface area contributed by atoms with Crippen LogP contribution in [0.2, 0.25) is 0 Å². The first kappa shape index (κ1) is 17.3. The normalized spacial score (nSPS) is 17.2. The lowest BCUT2D eigenvalue weighted by Gasteiger charge is -2.21. The number of nitrogens with one attached hydrogen (secondary N) is 1. The quantitative estimate of drug-likeness (QED) is 0.828. The van der Waals surface area contributed by atoms with Gasteiger partial charge in [0.05, 0.1) is 6.61 Å². The molecule has 0 atom stereocenters. The number of hydrogen-bond donors (Lipinski definition) is 1. The van der Waals surface area contributed by atoms with Crippen molar-refractivity contribution >= 4 is 0 Å².